The molecule has 1 aromatic carbocycles. The molecule has 1 saturated heterocycles. The lowest BCUT2D eigenvalue weighted by molar-refractivity contribution is -0.185. The van der Waals surface area contributed by atoms with E-state index >= 15 is 0 Å². The van der Waals surface area contributed by atoms with Crippen LogP contribution >= 0.6 is 0 Å². The van der Waals surface area contributed by atoms with Gasteiger partial charge in [0.15, 0.2) is 11.5 Å². The Balaban J connectivity index is 1.93. The van der Waals surface area contributed by atoms with Crippen molar-refractivity contribution < 1.29 is 31.9 Å². The number of nitrogens with zero attached hydrogens (tertiary/aromatic N) is 1. The molecule has 1 unspecified atom stereocenters. The van der Waals surface area contributed by atoms with Gasteiger partial charge >= 0.3 is 6.18 Å². The first-order chi connectivity index (χ1) is 13.0. The molecule has 1 atom stereocenters. The van der Waals surface area contributed by atoms with E-state index in [1.54, 1.807) is 13.8 Å². The molecule has 1 spiro atoms. The highest BCUT2D eigenvalue weighted by molar-refractivity contribution is 6.01. The van der Waals surface area contributed by atoms with Crippen molar-refractivity contribution in [2.24, 2.45) is 5.92 Å². The summed E-state index contributed by atoms with van der Waals surface area (Å²) in [6.07, 6.45) is 0.292. The average Bonchev–Trinajstić information content (AvgIpc) is 2.60. The summed E-state index contributed by atoms with van der Waals surface area (Å²) in [6, 6.07) is 2.37. The number of ether oxygens (including phenoxy) is 1. The molecule has 1 fully saturated rings. The molecule has 1 amide bonds. The molecule has 0 saturated carbocycles. The number of carbonyl (C=O) groups excluding carboxylic acids is 2. The molecule has 1 aliphatic heterocycles. The van der Waals surface area contributed by atoms with Gasteiger partial charge in [0, 0.05) is 11.6 Å². The lowest BCUT2D eigenvalue weighted by Crippen LogP contribution is -2.61. The highest BCUT2D eigenvalue weighted by Gasteiger charge is 2.47. The average molecular weight is 397 g/mol. The molecule has 0 radical (unpaired) electrons. The number of alkyl halides is 3. The van der Waals surface area contributed by atoms with Crippen LogP contribution < -0.4 is 0 Å². The predicted octanol–water partition coefficient (Wildman–Crippen LogP) is 3.66. The van der Waals surface area contributed by atoms with E-state index in [4.69, 9.17) is 4.74 Å². The first kappa shape index (κ1) is 20.3. The second kappa shape index (κ2) is 7.16. The van der Waals surface area contributed by atoms with Gasteiger partial charge in [-0.25, -0.2) is 4.39 Å². The highest BCUT2D eigenvalue weighted by atomic mass is 19.4. The Bertz CT molecular complexity index is 841. The molecule has 4 nitrogen and oxygen atoms in total. The van der Waals surface area contributed by atoms with Crippen LogP contribution in [-0.2, 0) is 26.9 Å². The molecule has 0 bridgehead atoms. The van der Waals surface area contributed by atoms with Crippen molar-refractivity contribution >= 4 is 11.7 Å². The van der Waals surface area contributed by atoms with Gasteiger partial charge in [0.05, 0.1) is 18.1 Å². The summed E-state index contributed by atoms with van der Waals surface area (Å²) in [5.74, 6) is -2.71. The largest absolute Gasteiger partial charge is 0.416 e. The lowest BCUT2D eigenvalue weighted by Gasteiger charge is -2.48. The summed E-state index contributed by atoms with van der Waals surface area (Å²) < 4.78 is 59.8. The summed E-state index contributed by atoms with van der Waals surface area (Å²) in [5, 5.41) is 0. The molecule has 1 heterocycles. The Morgan fingerprint density at radius 1 is 1.21 bits per heavy atom. The maximum Gasteiger partial charge on any atom is 0.416 e. The molecule has 1 aromatic rings. The fourth-order valence-electron chi connectivity index (χ4n) is 3.60. The molecule has 8 heteroatoms. The number of amides is 1. The van der Waals surface area contributed by atoms with Crippen LogP contribution in [-0.4, -0.2) is 35.0 Å². The molecular formula is C20H19F4NO3. The number of ketones is 1. The fraction of sp³-hybridized carbons (Fsp3) is 0.400. The van der Waals surface area contributed by atoms with Crippen LogP contribution in [0.4, 0.5) is 17.6 Å². The van der Waals surface area contributed by atoms with Gasteiger partial charge in [0.2, 0.25) is 5.91 Å². The van der Waals surface area contributed by atoms with E-state index in [0.717, 1.165) is 18.2 Å². The maximum atomic E-state index is 14.2. The molecule has 3 rings (SSSR count). The van der Waals surface area contributed by atoms with Crippen molar-refractivity contribution in [3.8, 4) is 0 Å². The topological polar surface area (TPSA) is 46.6 Å². The number of carbonyl (C=O) groups is 2. The summed E-state index contributed by atoms with van der Waals surface area (Å²) >= 11 is 0. The summed E-state index contributed by atoms with van der Waals surface area (Å²) in [5.41, 5.74) is -2.92. The van der Waals surface area contributed by atoms with Crippen LogP contribution in [0.15, 0.2) is 42.5 Å². The van der Waals surface area contributed by atoms with Gasteiger partial charge < -0.3 is 9.64 Å². The summed E-state index contributed by atoms with van der Waals surface area (Å²) in [6.45, 7) is 3.26. The summed E-state index contributed by atoms with van der Waals surface area (Å²) in [7, 11) is 0. The minimum Gasteiger partial charge on any atom is -0.347 e. The van der Waals surface area contributed by atoms with E-state index in [1.807, 2.05) is 0 Å². The van der Waals surface area contributed by atoms with Crippen molar-refractivity contribution in [3.63, 3.8) is 0 Å². The first-order valence-corrected chi connectivity index (χ1v) is 8.79. The number of rotatable bonds is 3. The number of benzene rings is 1. The van der Waals surface area contributed by atoms with Crippen molar-refractivity contribution in [1.29, 1.82) is 0 Å². The number of halogens is 4. The minimum atomic E-state index is -4.73. The standard InChI is InChI=1S/C20H19F4NO3/c1-12(2)25-18(27)13(11-28-19(25)8-6-14(26)7-9-19)10-15-16(20(22,23)24)4-3-5-17(15)21/h3-9,12-13H,10-11H2,1-2H3. The van der Waals surface area contributed by atoms with E-state index in [9.17, 15) is 27.2 Å². The quantitative estimate of drug-likeness (QED) is 0.732. The van der Waals surface area contributed by atoms with E-state index in [-0.39, 0.29) is 18.4 Å². The Hall–Kier alpha value is -2.48. The van der Waals surface area contributed by atoms with Gasteiger partial charge in [-0.1, -0.05) is 6.07 Å². The third-order valence-corrected chi connectivity index (χ3v) is 4.84. The summed E-state index contributed by atoms with van der Waals surface area (Å²) in [4.78, 5) is 25.9. The lowest BCUT2D eigenvalue weighted by atomic mass is 9.90. The molecule has 28 heavy (non-hydrogen) atoms. The second-order valence-electron chi connectivity index (χ2n) is 7.10. The van der Waals surface area contributed by atoms with Crippen molar-refractivity contribution in [1.82, 2.24) is 4.90 Å². The second-order valence-corrected chi connectivity index (χ2v) is 7.10. The van der Waals surface area contributed by atoms with Crippen molar-refractivity contribution in [3.05, 3.63) is 59.4 Å². The Morgan fingerprint density at radius 2 is 1.86 bits per heavy atom. The van der Waals surface area contributed by atoms with Crippen LogP contribution in [0, 0.1) is 11.7 Å². The van der Waals surface area contributed by atoms with Gasteiger partial charge in [-0.15, -0.1) is 0 Å². The highest BCUT2D eigenvalue weighted by Crippen LogP contribution is 2.37. The van der Waals surface area contributed by atoms with Gasteiger partial charge in [-0.3, -0.25) is 9.59 Å². The van der Waals surface area contributed by atoms with Gasteiger partial charge in [-0.2, -0.15) is 13.2 Å². The Morgan fingerprint density at radius 3 is 2.43 bits per heavy atom. The van der Waals surface area contributed by atoms with Gasteiger partial charge in [0.1, 0.15) is 5.82 Å². The third-order valence-electron chi connectivity index (χ3n) is 4.84. The normalized spacial score (nSPS) is 21.8. The molecule has 1 aliphatic carbocycles. The zero-order valence-electron chi connectivity index (χ0n) is 15.3. The van der Waals surface area contributed by atoms with Crippen molar-refractivity contribution in [2.45, 2.75) is 38.2 Å². The molecule has 150 valence electrons. The van der Waals surface area contributed by atoms with Gasteiger partial charge in [-0.05, 0) is 56.7 Å². The minimum absolute atomic E-state index is 0.198. The van der Waals surface area contributed by atoms with Crippen LogP contribution in [0.1, 0.15) is 25.0 Å². The van der Waals surface area contributed by atoms with Crippen LogP contribution in [0.2, 0.25) is 0 Å². The molecule has 2 aliphatic rings. The van der Waals surface area contributed by atoms with E-state index < -0.39 is 47.1 Å². The first-order valence-electron chi connectivity index (χ1n) is 8.79. The molecule has 0 aromatic heterocycles. The van der Waals surface area contributed by atoms with Gasteiger partial charge in [0.25, 0.3) is 0 Å². The fourth-order valence-corrected chi connectivity index (χ4v) is 3.60. The Kier molecular flexibility index (Phi) is 5.18. The number of allylic oxidation sites excluding steroid dienone is 2. The third kappa shape index (κ3) is 3.61. The van der Waals surface area contributed by atoms with Crippen LogP contribution in [0.5, 0.6) is 0 Å². The number of hydrogen-bond acceptors (Lipinski definition) is 3. The zero-order valence-corrected chi connectivity index (χ0v) is 15.3. The molecule has 0 N–H and O–H groups in total. The zero-order chi connectivity index (χ0) is 20.7. The Labute approximate surface area is 159 Å². The van der Waals surface area contributed by atoms with E-state index in [0.29, 0.717) is 0 Å². The SMILES string of the molecule is CC(C)N1C(=O)C(Cc2c(F)cccc2C(F)(F)F)COC12C=CC(=O)C=C2. The molecular weight excluding hydrogens is 378 g/mol. The predicted molar refractivity (Wildman–Crippen MR) is 92.5 cm³/mol. The maximum absolute atomic E-state index is 14.2. The number of hydrogen-bond donors (Lipinski definition) is 0. The van der Waals surface area contributed by atoms with E-state index in [2.05, 4.69) is 0 Å². The monoisotopic (exact) mass is 397 g/mol. The van der Waals surface area contributed by atoms with Crippen LogP contribution in [0.3, 0.4) is 0 Å². The van der Waals surface area contributed by atoms with Crippen molar-refractivity contribution in [2.75, 3.05) is 6.61 Å². The van der Waals surface area contributed by atoms with Crippen LogP contribution in [0.25, 0.3) is 0 Å². The van der Waals surface area contributed by atoms with E-state index in [1.165, 1.54) is 29.2 Å². The smallest absolute Gasteiger partial charge is 0.347 e.